The lowest BCUT2D eigenvalue weighted by molar-refractivity contribution is -0.385. The molecular formula is C10H7NO6. The van der Waals surface area contributed by atoms with E-state index in [1.807, 2.05) is 0 Å². The number of carboxylic acid groups (broad SMARTS) is 1. The molecule has 0 bridgehead atoms. The van der Waals surface area contributed by atoms with Gasteiger partial charge in [0.1, 0.15) is 0 Å². The van der Waals surface area contributed by atoms with Crippen LogP contribution in [0.1, 0.15) is 5.56 Å². The molecule has 1 aliphatic heterocycles. The fourth-order valence-electron chi connectivity index (χ4n) is 1.41. The number of fused-ring (bicyclic) bond motifs is 1. The number of rotatable bonds is 3. The lowest BCUT2D eigenvalue weighted by Gasteiger charge is -1.99. The molecule has 2 rings (SSSR count). The quantitative estimate of drug-likeness (QED) is 0.485. The third kappa shape index (κ3) is 2.17. The second kappa shape index (κ2) is 4.12. The van der Waals surface area contributed by atoms with Crippen LogP contribution in [0.4, 0.5) is 5.69 Å². The number of nitro benzene ring substituents is 1. The SMILES string of the molecule is O=C(O)C=Cc1cc2c(c([N+](=O)[O-])c1)OCO2. The number of nitrogens with zero attached hydrogens (tertiary/aromatic N) is 1. The minimum atomic E-state index is -1.13. The Kier molecular flexibility index (Phi) is 2.65. The van der Waals surface area contributed by atoms with Gasteiger partial charge in [0.25, 0.3) is 0 Å². The molecule has 17 heavy (non-hydrogen) atoms. The van der Waals surface area contributed by atoms with Crippen LogP contribution in [0.2, 0.25) is 0 Å². The van der Waals surface area contributed by atoms with Crippen LogP contribution in [0.25, 0.3) is 6.08 Å². The third-order valence-electron chi connectivity index (χ3n) is 2.09. The average Bonchev–Trinajstić information content (AvgIpc) is 2.72. The molecular weight excluding hydrogens is 230 g/mol. The highest BCUT2D eigenvalue weighted by Crippen LogP contribution is 2.41. The first-order valence-electron chi connectivity index (χ1n) is 4.57. The molecule has 0 radical (unpaired) electrons. The summed E-state index contributed by atoms with van der Waals surface area (Å²) >= 11 is 0. The summed E-state index contributed by atoms with van der Waals surface area (Å²) in [6.45, 7) is -0.0811. The van der Waals surface area contributed by atoms with E-state index >= 15 is 0 Å². The molecule has 0 atom stereocenters. The summed E-state index contributed by atoms with van der Waals surface area (Å²) in [5.41, 5.74) is 0.119. The van der Waals surface area contributed by atoms with Crippen molar-refractivity contribution in [3.05, 3.63) is 33.9 Å². The van der Waals surface area contributed by atoms with Crippen LogP contribution in [-0.4, -0.2) is 22.8 Å². The fourth-order valence-corrected chi connectivity index (χ4v) is 1.41. The van der Waals surface area contributed by atoms with Gasteiger partial charge in [-0.3, -0.25) is 10.1 Å². The summed E-state index contributed by atoms with van der Waals surface area (Å²) in [6, 6.07) is 2.71. The molecule has 1 aromatic rings. The van der Waals surface area contributed by atoms with Crippen LogP contribution in [0.3, 0.4) is 0 Å². The van der Waals surface area contributed by atoms with Gasteiger partial charge in [0.2, 0.25) is 12.5 Å². The Bertz CT molecular complexity index is 522. The van der Waals surface area contributed by atoms with Crippen LogP contribution < -0.4 is 9.47 Å². The Hall–Kier alpha value is -2.57. The molecule has 88 valence electrons. The van der Waals surface area contributed by atoms with Crippen LogP contribution in [0.15, 0.2) is 18.2 Å². The second-order valence-electron chi connectivity index (χ2n) is 3.20. The van der Waals surface area contributed by atoms with E-state index in [9.17, 15) is 14.9 Å². The highest BCUT2D eigenvalue weighted by molar-refractivity contribution is 5.85. The zero-order valence-corrected chi connectivity index (χ0v) is 8.45. The van der Waals surface area contributed by atoms with E-state index in [2.05, 4.69) is 0 Å². The molecule has 1 heterocycles. The van der Waals surface area contributed by atoms with Crippen molar-refractivity contribution in [3.63, 3.8) is 0 Å². The van der Waals surface area contributed by atoms with E-state index in [4.69, 9.17) is 14.6 Å². The molecule has 0 saturated carbocycles. The van der Waals surface area contributed by atoms with Gasteiger partial charge in [-0.15, -0.1) is 0 Å². The van der Waals surface area contributed by atoms with Crippen molar-refractivity contribution in [2.75, 3.05) is 6.79 Å². The van der Waals surface area contributed by atoms with Crippen molar-refractivity contribution in [2.24, 2.45) is 0 Å². The van der Waals surface area contributed by atoms with E-state index < -0.39 is 10.9 Å². The standard InChI is InChI=1S/C10H7NO6/c12-9(13)2-1-6-3-7(11(14)15)10-8(4-6)16-5-17-10/h1-4H,5H2,(H,12,13). The second-order valence-corrected chi connectivity index (χ2v) is 3.20. The maximum Gasteiger partial charge on any atom is 0.328 e. The van der Waals surface area contributed by atoms with Gasteiger partial charge in [-0.1, -0.05) is 0 Å². The van der Waals surface area contributed by atoms with Gasteiger partial charge in [-0.05, 0) is 17.7 Å². The number of aliphatic carboxylic acids is 1. The summed E-state index contributed by atoms with van der Waals surface area (Å²) in [5.74, 6) is -0.822. The molecule has 0 aliphatic carbocycles. The Morgan fingerprint density at radius 2 is 2.24 bits per heavy atom. The Morgan fingerprint density at radius 1 is 1.47 bits per heavy atom. The molecule has 0 saturated heterocycles. The van der Waals surface area contributed by atoms with Crippen molar-refractivity contribution in [1.82, 2.24) is 0 Å². The monoisotopic (exact) mass is 237 g/mol. The van der Waals surface area contributed by atoms with Gasteiger partial charge in [0, 0.05) is 12.1 Å². The molecule has 0 aromatic heterocycles. The Labute approximate surface area is 95.0 Å². The maximum absolute atomic E-state index is 10.8. The highest BCUT2D eigenvalue weighted by Gasteiger charge is 2.26. The molecule has 0 fully saturated rings. The molecule has 7 heteroatoms. The molecule has 1 aliphatic rings. The van der Waals surface area contributed by atoms with E-state index in [0.29, 0.717) is 5.56 Å². The predicted octanol–water partition coefficient (Wildman–Crippen LogP) is 1.42. The van der Waals surface area contributed by atoms with E-state index in [1.165, 1.54) is 18.2 Å². The van der Waals surface area contributed by atoms with Gasteiger partial charge in [-0.25, -0.2) is 4.79 Å². The molecule has 1 aromatic carbocycles. The summed E-state index contributed by atoms with van der Waals surface area (Å²) in [5, 5.41) is 19.3. The van der Waals surface area contributed by atoms with Crippen molar-refractivity contribution in [1.29, 1.82) is 0 Å². The summed E-state index contributed by atoms with van der Waals surface area (Å²) in [4.78, 5) is 20.5. The summed E-state index contributed by atoms with van der Waals surface area (Å²) in [6.07, 6.45) is 2.14. The van der Waals surface area contributed by atoms with Crippen LogP contribution in [0, 0.1) is 10.1 Å². The third-order valence-corrected chi connectivity index (χ3v) is 2.09. The number of hydrogen-bond acceptors (Lipinski definition) is 5. The van der Waals surface area contributed by atoms with Crippen molar-refractivity contribution >= 4 is 17.7 Å². The molecule has 0 unspecified atom stereocenters. The largest absolute Gasteiger partial charge is 0.478 e. The first kappa shape index (κ1) is 10.9. The number of carbonyl (C=O) groups is 1. The number of carboxylic acids is 1. The molecule has 0 amide bonds. The van der Waals surface area contributed by atoms with Gasteiger partial charge in [-0.2, -0.15) is 0 Å². The van der Waals surface area contributed by atoms with Gasteiger partial charge < -0.3 is 14.6 Å². The van der Waals surface area contributed by atoms with Crippen LogP contribution in [-0.2, 0) is 4.79 Å². The fraction of sp³-hybridized carbons (Fsp3) is 0.100. The van der Waals surface area contributed by atoms with Crippen molar-refractivity contribution in [2.45, 2.75) is 0 Å². The van der Waals surface area contributed by atoms with Crippen molar-refractivity contribution in [3.8, 4) is 11.5 Å². The number of nitro groups is 1. The Morgan fingerprint density at radius 3 is 2.88 bits per heavy atom. The predicted molar refractivity (Wildman–Crippen MR) is 55.9 cm³/mol. The summed E-state index contributed by atoms with van der Waals surface area (Å²) < 4.78 is 10.00. The zero-order valence-electron chi connectivity index (χ0n) is 8.45. The smallest absolute Gasteiger partial charge is 0.328 e. The first-order valence-corrected chi connectivity index (χ1v) is 4.57. The Balaban J connectivity index is 2.46. The summed E-state index contributed by atoms with van der Waals surface area (Å²) in [7, 11) is 0. The minimum Gasteiger partial charge on any atom is -0.478 e. The number of benzene rings is 1. The lowest BCUT2D eigenvalue weighted by atomic mass is 10.1. The average molecular weight is 237 g/mol. The van der Waals surface area contributed by atoms with Gasteiger partial charge >= 0.3 is 11.7 Å². The van der Waals surface area contributed by atoms with E-state index in [-0.39, 0.29) is 24.0 Å². The molecule has 1 N–H and O–H groups in total. The van der Waals surface area contributed by atoms with Crippen LogP contribution >= 0.6 is 0 Å². The number of ether oxygens (including phenoxy) is 2. The van der Waals surface area contributed by atoms with E-state index in [1.54, 1.807) is 0 Å². The van der Waals surface area contributed by atoms with Crippen LogP contribution in [0.5, 0.6) is 11.5 Å². The van der Waals surface area contributed by atoms with E-state index in [0.717, 1.165) is 6.08 Å². The highest BCUT2D eigenvalue weighted by atomic mass is 16.7. The normalized spacial score (nSPS) is 12.9. The maximum atomic E-state index is 10.8. The first-order chi connectivity index (χ1) is 8.08. The molecule has 0 spiro atoms. The number of hydrogen-bond donors (Lipinski definition) is 1. The molecule has 7 nitrogen and oxygen atoms in total. The zero-order chi connectivity index (χ0) is 12.4. The topological polar surface area (TPSA) is 98.9 Å². The van der Waals surface area contributed by atoms with Gasteiger partial charge in [0.05, 0.1) is 4.92 Å². The lowest BCUT2D eigenvalue weighted by Crippen LogP contribution is -1.95. The minimum absolute atomic E-state index is 0.0717. The van der Waals surface area contributed by atoms with Crippen molar-refractivity contribution < 1.29 is 24.3 Å². The van der Waals surface area contributed by atoms with Gasteiger partial charge in [0.15, 0.2) is 5.75 Å².